The molecule has 0 radical (unpaired) electrons. The summed E-state index contributed by atoms with van der Waals surface area (Å²) in [7, 11) is 0. The summed E-state index contributed by atoms with van der Waals surface area (Å²) in [4.78, 5) is 33.5. The number of carbonyl (C=O) groups excluding carboxylic acids is 1. The Bertz CT molecular complexity index is 1170. The van der Waals surface area contributed by atoms with E-state index in [2.05, 4.69) is 21.5 Å². The molecule has 1 aromatic carbocycles. The SMILES string of the molecule is CCN(C(=O)CSc1nc2nn(-c3ccccc3)c(=O)c-2c2n1CCCCC2)C1CCCCC1. The fourth-order valence-corrected chi connectivity index (χ4v) is 6.37. The molecule has 7 nitrogen and oxygen atoms in total. The molecular weight excluding hydrogens is 446 g/mol. The van der Waals surface area contributed by atoms with Crippen LogP contribution in [0.5, 0.6) is 0 Å². The lowest BCUT2D eigenvalue weighted by Gasteiger charge is -2.33. The Kier molecular flexibility index (Phi) is 7.04. The Morgan fingerprint density at radius 2 is 1.85 bits per heavy atom. The molecule has 1 aliphatic carbocycles. The first-order chi connectivity index (χ1) is 16.7. The topological polar surface area (TPSA) is 73.0 Å². The molecule has 0 unspecified atom stereocenters. The molecule has 0 aromatic heterocycles. The summed E-state index contributed by atoms with van der Waals surface area (Å²) in [6.45, 7) is 3.65. The van der Waals surface area contributed by atoms with E-state index < -0.39 is 0 Å². The van der Waals surface area contributed by atoms with Crippen molar-refractivity contribution in [2.45, 2.75) is 82.5 Å². The average Bonchev–Trinajstić information content (AvgIpc) is 3.03. The number of hydrogen-bond acceptors (Lipinski definition) is 5. The van der Waals surface area contributed by atoms with E-state index in [-0.39, 0.29) is 11.5 Å². The molecule has 180 valence electrons. The van der Waals surface area contributed by atoms with Gasteiger partial charge in [-0.3, -0.25) is 9.59 Å². The highest BCUT2D eigenvalue weighted by Gasteiger charge is 2.28. The van der Waals surface area contributed by atoms with Crippen molar-refractivity contribution in [3.63, 3.8) is 0 Å². The summed E-state index contributed by atoms with van der Waals surface area (Å²) < 4.78 is 3.65. The lowest BCUT2D eigenvalue weighted by Crippen LogP contribution is -2.42. The van der Waals surface area contributed by atoms with E-state index in [4.69, 9.17) is 4.98 Å². The van der Waals surface area contributed by atoms with Crippen molar-refractivity contribution in [2.75, 3.05) is 12.3 Å². The number of hydrogen-bond donors (Lipinski definition) is 0. The van der Waals surface area contributed by atoms with E-state index in [0.29, 0.717) is 23.2 Å². The van der Waals surface area contributed by atoms with E-state index >= 15 is 0 Å². The minimum absolute atomic E-state index is 0.110. The second-order valence-corrected chi connectivity index (χ2v) is 10.3. The molecule has 3 heterocycles. The highest BCUT2D eigenvalue weighted by atomic mass is 32.2. The van der Waals surface area contributed by atoms with Crippen molar-refractivity contribution in [3.05, 3.63) is 46.4 Å². The van der Waals surface area contributed by atoms with Gasteiger partial charge in [0.15, 0.2) is 11.0 Å². The van der Waals surface area contributed by atoms with Crippen molar-refractivity contribution in [1.82, 2.24) is 24.2 Å². The Morgan fingerprint density at radius 3 is 2.62 bits per heavy atom. The van der Waals surface area contributed by atoms with Crippen LogP contribution in [-0.4, -0.2) is 48.5 Å². The standard InChI is InChI=1S/C26H33N5O2S/c1-2-29(19-12-6-3-7-13-19)22(32)18-34-26-27-24-23(21-16-10-5-11-17-30(21)26)25(33)31(28-24)20-14-8-4-9-15-20/h4,8-9,14-15,19H,2-3,5-7,10-13,16-18H2,1H3. The zero-order valence-electron chi connectivity index (χ0n) is 19.9. The van der Waals surface area contributed by atoms with Crippen LogP contribution in [0.3, 0.4) is 0 Å². The fraction of sp³-hybridized carbons (Fsp3) is 0.538. The second kappa shape index (κ2) is 10.3. The molecule has 0 atom stereocenters. The molecule has 0 bridgehead atoms. The summed E-state index contributed by atoms with van der Waals surface area (Å²) >= 11 is 1.50. The molecule has 1 amide bonds. The number of aromatic nitrogens is 4. The van der Waals surface area contributed by atoms with Gasteiger partial charge in [-0.15, -0.1) is 5.10 Å². The molecular formula is C26H33N5O2S. The normalized spacial score (nSPS) is 16.9. The van der Waals surface area contributed by atoms with Gasteiger partial charge in [0.1, 0.15) is 5.56 Å². The molecule has 1 fully saturated rings. The fourth-order valence-electron chi connectivity index (χ4n) is 5.45. The number of amides is 1. The van der Waals surface area contributed by atoms with Crippen LogP contribution >= 0.6 is 11.8 Å². The quantitative estimate of drug-likeness (QED) is 0.384. The van der Waals surface area contributed by atoms with E-state index in [0.717, 1.165) is 68.2 Å². The molecule has 34 heavy (non-hydrogen) atoms. The number of benzene rings is 1. The van der Waals surface area contributed by atoms with E-state index in [1.54, 1.807) is 0 Å². The van der Waals surface area contributed by atoms with Crippen LogP contribution in [-0.2, 0) is 17.8 Å². The van der Waals surface area contributed by atoms with Gasteiger partial charge in [-0.2, -0.15) is 4.68 Å². The number of rotatable bonds is 6. The maximum Gasteiger partial charge on any atom is 0.284 e. The summed E-state index contributed by atoms with van der Waals surface area (Å²) in [6, 6.07) is 9.88. The molecule has 4 aliphatic rings. The van der Waals surface area contributed by atoms with Gasteiger partial charge in [-0.05, 0) is 51.2 Å². The molecule has 0 saturated heterocycles. The monoisotopic (exact) mass is 479 g/mol. The lowest BCUT2D eigenvalue weighted by atomic mass is 9.94. The van der Waals surface area contributed by atoms with Crippen LogP contribution in [0.2, 0.25) is 0 Å². The lowest BCUT2D eigenvalue weighted by molar-refractivity contribution is -0.131. The summed E-state index contributed by atoms with van der Waals surface area (Å²) in [5.41, 5.74) is 2.28. The van der Waals surface area contributed by atoms with Crippen molar-refractivity contribution in [1.29, 1.82) is 0 Å². The minimum Gasteiger partial charge on any atom is -0.339 e. The Morgan fingerprint density at radius 1 is 1.09 bits per heavy atom. The second-order valence-electron chi connectivity index (χ2n) is 9.31. The number of carbonyl (C=O) groups is 1. The maximum absolute atomic E-state index is 13.4. The van der Waals surface area contributed by atoms with Crippen molar-refractivity contribution >= 4 is 17.7 Å². The van der Waals surface area contributed by atoms with Crippen molar-refractivity contribution < 1.29 is 4.79 Å². The minimum atomic E-state index is -0.110. The summed E-state index contributed by atoms with van der Waals surface area (Å²) in [6.07, 6.45) is 9.98. The van der Waals surface area contributed by atoms with Gasteiger partial charge in [0.05, 0.1) is 11.4 Å². The zero-order chi connectivity index (χ0) is 23.5. The Labute approximate surface area is 204 Å². The Hall–Kier alpha value is -2.61. The molecule has 8 heteroatoms. The maximum atomic E-state index is 13.4. The van der Waals surface area contributed by atoms with Gasteiger partial charge in [0.2, 0.25) is 5.91 Å². The predicted octanol–water partition coefficient (Wildman–Crippen LogP) is 4.53. The summed E-state index contributed by atoms with van der Waals surface area (Å²) in [5, 5.41) is 5.41. The van der Waals surface area contributed by atoms with Crippen LogP contribution in [0.25, 0.3) is 17.1 Å². The van der Waals surface area contributed by atoms with Crippen LogP contribution in [0.1, 0.15) is 64.0 Å². The van der Waals surface area contributed by atoms with Gasteiger partial charge in [-0.1, -0.05) is 55.6 Å². The van der Waals surface area contributed by atoms with Crippen LogP contribution in [0.4, 0.5) is 0 Å². The third-order valence-electron chi connectivity index (χ3n) is 7.17. The number of para-hydroxylation sites is 1. The highest BCUT2D eigenvalue weighted by molar-refractivity contribution is 7.99. The van der Waals surface area contributed by atoms with E-state index in [1.807, 2.05) is 30.3 Å². The molecule has 0 N–H and O–H groups in total. The molecule has 3 aliphatic heterocycles. The van der Waals surface area contributed by atoms with Crippen molar-refractivity contribution in [3.8, 4) is 17.1 Å². The highest BCUT2D eigenvalue weighted by Crippen LogP contribution is 2.31. The average molecular weight is 480 g/mol. The third-order valence-corrected chi connectivity index (χ3v) is 8.13. The first-order valence-corrected chi connectivity index (χ1v) is 13.7. The Balaban J connectivity index is 1.47. The third kappa shape index (κ3) is 4.52. The van der Waals surface area contributed by atoms with Crippen LogP contribution < -0.4 is 5.56 Å². The van der Waals surface area contributed by atoms with Gasteiger partial charge in [0.25, 0.3) is 5.56 Å². The van der Waals surface area contributed by atoms with Gasteiger partial charge >= 0.3 is 0 Å². The number of fused-ring (bicyclic) bond motifs is 3. The van der Waals surface area contributed by atoms with Gasteiger partial charge in [-0.25, -0.2) is 4.98 Å². The van der Waals surface area contributed by atoms with E-state index in [1.165, 1.54) is 35.7 Å². The number of thioether (sulfide) groups is 1. The van der Waals surface area contributed by atoms with Gasteiger partial charge < -0.3 is 9.47 Å². The van der Waals surface area contributed by atoms with E-state index in [9.17, 15) is 9.59 Å². The molecule has 1 saturated carbocycles. The number of nitrogens with zero attached hydrogens (tertiary/aromatic N) is 5. The van der Waals surface area contributed by atoms with Gasteiger partial charge in [0, 0.05) is 24.8 Å². The molecule has 1 aromatic rings. The summed E-state index contributed by atoms with van der Waals surface area (Å²) in [5.74, 6) is 1.03. The van der Waals surface area contributed by atoms with Crippen LogP contribution in [0, 0.1) is 0 Å². The predicted molar refractivity (Wildman–Crippen MR) is 135 cm³/mol. The first-order valence-electron chi connectivity index (χ1n) is 12.7. The smallest absolute Gasteiger partial charge is 0.284 e. The van der Waals surface area contributed by atoms with Crippen molar-refractivity contribution in [2.24, 2.45) is 0 Å². The largest absolute Gasteiger partial charge is 0.339 e. The van der Waals surface area contributed by atoms with Crippen LogP contribution in [0.15, 0.2) is 40.3 Å². The molecule has 0 spiro atoms. The molecule has 5 rings (SSSR count). The first kappa shape index (κ1) is 23.1. The zero-order valence-corrected chi connectivity index (χ0v) is 20.7.